The van der Waals surface area contributed by atoms with Crippen molar-refractivity contribution in [2.24, 2.45) is 5.73 Å². The lowest BCUT2D eigenvalue weighted by Crippen LogP contribution is -2.22. The van der Waals surface area contributed by atoms with Gasteiger partial charge in [-0.25, -0.2) is 4.98 Å². The van der Waals surface area contributed by atoms with E-state index in [1.807, 2.05) is 19.1 Å². The van der Waals surface area contributed by atoms with Crippen LogP contribution in [0.3, 0.4) is 0 Å². The molecular formula is C11H18BrN3. The van der Waals surface area contributed by atoms with Gasteiger partial charge in [0.05, 0.1) is 5.69 Å². The molecule has 0 aliphatic carbocycles. The predicted molar refractivity (Wildman–Crippen MR) is 68.0 cm³/mol. The van der Waals surface area contributed by atoms with Gasteiger partial charge >= 0.3 is 0 Å². The lowest BCUT2D eigenvalue weighted by molar-refractivity contribution is 0.613. The summed E-state index contributed by atoms with van der Waals surface area (Å²) in [6.45, 7) is 4.96. The lowest BCUT2D eigenvalue weighted by Gasteiger charge is -2.10. The summed E-state index contributed by atoms with van der Waals surface area (Å²) in [6.07, 6.45) is 2.00. The minimum absolute atomic E-state index is 0.286. The van der Waals surface area contributed by atoms with Crippen LogP contribution in [0.1, 0.15) is 25.5 Å². The largest absolute Gasteiger partial charge is 0.370 e. The van der Waals surface area contributed by atoms with Crippen LogP contribution in [0.5, 0.6) is 0 Å². The SMILES string of the molecule is CCC(N)CCNc1ccc(Br)c(C)n1. The molecule has 0 bridgehead atoms. The molecule has 0 radical (unpaired) electrons. The van der Waals surface area contributed by atoms with E-state index in [9.17, 15) is 0 Å². The molecule has 3 N–H and O–H groups in total. The first-order valence-electron chi connectivity index (χ1n) is 5.26. The second kappa shape index (κ2) is 6.08. The van der Waals surface area contributed by atoms with Crippen molar-refractivity contribution in [3.63, 3.8) is 0 Å². The first-order valence-corrected chi connectivity index (χ1v) is 6.05. The van der Waals surface area contributed by atoms with Crippen molar-refractivity contribution in [2.45, 2.75) is 32.7 Å². The van der Waals surface area contributed by atoms with Crippen LogP contribution < -0.4 is 11.1 Å². The molecule has 3 nitrogen and oxygen atoms in total. The van der Waals surface area contributed by atoms with Crippen molar-refractivity contribution < 1.29 is 0 Å². The van der Waals surface area contributed by atoms with E-state index in [0.29, 0.717) is 0 Å². The number of nitrogens with one attached hydrogen (secondary N) is 1. The number of rotatable bonds is 5. The van der Waals surface area contributed by atoms with Gasteiger partial charge < -0.3 is 11.1 Å². The lowest BCUT2D eigenvalue weighted by atomic mass is 10.2. The highest BCUT2D eigenvalue weighted by Crippen LogP contribution is 2.16. The molecule has 0 amide bonds. The Labute approximate surface area is 99.6 Å². The molecule has 0 aliphatic heterocycles. The van der Waals surface area contributed by atoms with E-state index in [1.54, 1.807) is 0 Å². The minimum Gasteiger partial charge on any atom is -0.370 e. The quantitative estimate of drug-likeness (QED) is 0.866. The normalized spacial score (nSPS) is 12.5. The van der Waals surface area contributed by atoms with Crippen LogP contribution in [0.4, 0.5) is 5.82 Å². The third-order valence-corrected chi connectivity index (χ3v) is 3.21. The molecule has 1 rings (SSSR count). The topological polar surface area (TPSA) is 50.9 Å². The third-order valence-electron chi connectivity index (χ3n) is 2.37. The Morgan fingerprint density at radius 1 is 1.53 bits per heavy atom. The van der Waals surface area contributed by atoms with Crippen molar-refractivity contribution in [3.8, 4) is 0 Å². The molecule has 0 saturated heterocycles. The number of nitrogens with zero attached hydrogens (tertiary/aromatic N) is 1. The first kappa shape index (κ1) is 12.5. The monoisotopic (exact) mass is 271 g/mol. The minimum atomic E-state index is 0.286. The summed E-state index contributed by atoms with van der Waals surface area (Å²) in [7, 11) is 0. The molecular weight excluding hydrogens is 254 g/mol. The van der Waals surface area contributed by atoms with Crippen LogP contribution >= 0.6 is 15.9 Å². The number of nitrogens with two attached hydrogens (primary N) is 1. The molecule has 1 heterocycles. The van der Waals surface area contributed by atoms with Crippen molar-refractivity contribution in [1.29, 1.82) is 0 Å². The van der Waals surface area contributed by atoms with E-state index < -0.39 is 0 Å². The number of hydrogen-bond acceptors (Lipinski definition) is 3. The van der Waals surface area contributed by atoms with Crippen LogP contribution in [0.15, 0.2) is 16.6 Å². The van der Waals surface area contributed by atoms with Gasteiger partial charge in [-0.15, -0.1) is 0 Å². The number of hydrogen-bond donors (Lipinski definition) is 2. The van der Waals surface area contributed by atoms with Gasteiger partial charge in [-0.05, 0) is 47.8 Å². The second-order valence-corrected chi connectivity index (χ2v) is 4.50. The Morgan fingerprint density at radius 2 is 2.27 bits per heavy atom. The molecule has 0 aromatic carbocycles. The standard InChI is InChI=1S/C11H18BrN3/c1-3-9(13)6-7-14-11-5-4-10(12)8(2)15-11/h4-5,9H,3,6-7,13H2,1-2H3,(H,14,15). The van der Waals surface area contributed by atoms with Crippen LogP contribution in [0, 0.1) is 6.92 Å². The molecule has 0 spiro atoms. The van der Waals surface area contributed by atoms with Gasteiger partial charge in [0.2, 0.25) is 0 Å². The molecule has 0 saturated carbocycles. The van der Waals surface area contributed by atoms with E-state index in [0.717, 1.165) is 35.4 Å². The second-order valence-electron chi connectivity index (χ2n) is 3.65. The smallest absolute Gasteiger partial charge is 0.126 e. The molecule has 1 atom stereocenters. The molecule has 15 heavy (non-hydrogen) atoms. The summed E-state index contributed by atoms with van der Waals surface area (Å²) in [6, 6.07) is 4.26. The maximum atomic E-state index is 5.82. The van der Waals surface area contributed by atoms with Gasteiger partial charge in [-0.1, -0.05) is 6.92 Å². The molecule has 0 aliphatic rings. The Bertz CT molecular complexity index is 315. The van der Waals surface area contributed by atoms with Crippen molar-refractivity contribution in [1.82, 2.24) is 4.98 Å². The molecule has 1 unspecified atom stereocenters. The number of anilines is 1. The van der Waals surface area contributed by atoms with E-state index in [2.05, 4.69) is 33.2 Å². The van der Waals surface area contributed by atoms with E-state index in [4.69, 9.17) is 5.73 Å². The molecule has 84 valence electrons. The van der Waals surface area contributed by atoms with E-state index in [-0.39, 0.29) is 6.04 Å². The first-order chi connectivity index (χ1) is 7.13. The van der Waals surface area contributed by atoms with Gasteiger partial charge in [0.25, 0.3) is 0 Å². The van der Waals surface area contributed by atoms with Gasteiger partial charge in [-0.3, -0.25) is 0 Å². The fraction of sp³-hybridized carbons (Fsp3) is 0.545. The Morgan fingerprint density at radius 3 is 2.87 bits per heavy atom. The number of halogens is 1. The van der Waals surface area contributed by atoms with E-state index >= 15 is 0 Å². The van der Waals surface area contributed by atoms with Gasteiger partial charge in [0.15, 0.2) is 0 Å². The summed E-state index contributed by atoms with van der Waals surface area (Å²) in [5, 5.41) is 3.27. The maximum absolute atomic E-state index is 5.82. The van der Waals surface area contributed by atoms with Gasteiger partial charge in [0.1, 0.15) is 5.82 Å². The summed E-state index contributed by atoms with van der Waals surface area (Å²) in [4.78, 5) is 4.40. The van der Waals surface area contributed by atoms with Crippen molar-refractivity contribution in [3.05, 3.63) is 22.3 Å². The zero-order valence-electron chi connectivity index (χ0n) is 9.26. The van der Waals surface area contributed by atoms with E-state index in [1.165, 1.54) is 0 Å². The van der Waals surface area contributed by atoms with Crippen molar-refractivity contribution in [2.75, 3.05) is 11.9 Å². The summed E-state index contributed by atoms with van der Waals surface area (Å²) in [5.41, 5.74) is 6.82. The Hall–Kier alpha value is -0.610. The average molecular weight is 272 g/mol. The van der Waals surface area contributed by atoms with Gasteiger partial charge in [-0.2, -0.15) is 0 Å². The van der Waals surface area contributed by atoms with Crippen LogP contribution in [0.2, 0.25) is 0 Å². The Balaban J connectivity index is 2.41. The fourth-order valence-corrected chi connectivity index (χ4v) is 1.45. The number of aryl methyl sites for hydroxylation is 1. The highest BCUT2D eigenvalue weighted by atomic mass is 79.9. The molecule has 1 aromatic heterocycles. The average Bonchev–Trinajstić information content (AvgIpc) is 2.23. The maximum Gasteiger partial charge on any atom is 0.126 e. The molecule has 1 aromatic rings. The summed E-state index contributed by atoms with van der Waals surface area (Å²) >= 11 is 3.42. The van der Waals surface area contributed by atoms with Crippen LogP contribution in [-0.4, -0.2) is 17.6 Å². The summed E-state index contributed by atoms with van der Waals surface area (Å²) in [5.74, 6) is 0.916. The highest BCUT2D eigenvalue weighted by molar-refractivity contribution is 9.10. The molecule has 0 fully saturated rings. The third kappa shape index (κ3) is 4.18. The van der Waals surface area contributed by atoms with Crippen LogP contribution in [0.25, 0.3) is 0 Å². The zero-order valence-corrected chi connectivity index (χ0v) is 10.8. The summed E-state index contributed by atoms with van der Waals surface area (Å²) < 4.78 is 1.04. The zero-order chi connectivity index (χ0) is 11.3. The number of pyridine rings is 1. The predicted octanol–water partition coefficient (Wildman–Crippen LogP) is 2.69. The van der Waals surface area contributed by atoms with Crippen LogP contribution in [-0.2, 0) is 0 Å². The number of aromatic nitrogens is 1. The Kier molecular flexibility index (Phi) is 5.05. The molecule has 4 heteroatoms. The fourth-order valence-electron chi connectivity index (χ4n) is 1.23. The van der Waals surface area contributed by atoms with Gasteiger partial charge in [0, 0.05) is 17.1 Å². The van der Waals surface area contributed by atoms with Crippen molar-refractivity contribution >= 4 is 21.7 Å². The highest BCUT2D eigenvalue weighted by Gasteiger charge is 2.00.